The Morgan fingerprint density at radius 1 is 2.00 bits per heavy atom. The van der Waals surface area contributed by atoms with E-state index < -0.39 is 0 Å². The van der Waals surface area contributed by atoms with Gasteiger partial charge in [0, 0.05) is 0 Å². The summed E-state index contributed by atoms with van der Waals surface area (Å²) in [6.45, 7) is 0.561. The molecule has 1 aliphatic heterocycles. The first-order valence-corrected chi connectivity index (χ1v) is 4.83. The van der Waals surface area contributed by atoms with E-state index in [2.05, 4.69) is 0 Å². The van der Waals surface area contributed by atoms with Crippen LogP contribution >= 0.6 is 0 Å². The summed E-state index contributed by atoms with van der Waals surface area (Å²) in [5.41, 5.74) is 0. The molecule has 1 atom stereocenters. The number of methoxy groups -OCH3 is 1. The van der Waals surface area contributed by atoms with Gasteiger partial charge in [0.2, 0.25) is 0 Å². The van der Waals surface area contributed by atoms with Crippen LogP contribution in [0.3, 0.4) is 0 Å². The molecule has 0 aromatic carbocycles. The Kier molecular flexibility index (Phi) is 2.51. The first kappa shape index (κ1) is 7.06. The number of carbonyl (C=O) groups excluding carboxylic acids is 1. The average molecular weight is 195 g/mol. The zero-order valence-corrected chi connectivity index (χ0v) is 6.84. The second-order valence-corrected chi connectivity index (χ2v) is 4.09. The minimum absolute atomic E-state index is 0.0722. The van der Waals surface area contributed by atoms with Crippen LogP contribution < -0.4 is 0 Å². The zero-order valence-electron chi connectivity index (χ0n) is 5.12. The molecule has 0 aromatic rings. The van der Waals surface area contributed by atoms with E-state index in [0.717, 1.165) is 0 Å². The summed E-state index contributed by atoms with van der Waals surface area (Å²) in [5.74, 6) is -0.0722. The van der Waals surface area contributed by atoms with Crippen molar-refractivity contribution in [1.82, 2.24) is 0 Å². The van der Waals surface area contributed by atoms with E-state index in [-0.39, 0.29) is 11.0 Å². The second-order valence-electron chi connectivity index (χ2n) is 1.69. The molecule has 1 saturated heterocycles. The van der Waals surface area contributed by atoms with Gasteiger partial charge >= 0.3 is 59.2 Å². The zero-order chi connectivity index (χ0) is 6.69. The van der Waals surface area contributed by atoms with Crippen molar-refractivity contribution in [1.29, 1.82) is 0 Å². The van der Waals surface area contributed by atoms with Gasteiger partial charge in [0.25, 0.3) is 0 Å². The second kappa shape index (κ2) is 3.20. The Balaban J connectivity index is 2.22. The molecule has 1 fully saturated rings. The fraction of sp³-hybridized carbons (Fsp3) is 0.800. The van der Waals surface area contributed by atoms with Gasteiger partial charge in [-0.2, -0.15) is 0 Å². The van der Waals surface area contributed by atoms with Gasteiger partial charge in [-0.15, -0.1) is 0 Å². The van der Waals surface area contributed by atoms with Gasteiger partial charge < -0.3 is 0 Å². The van der Waals surface area contributed by atoms with Gasteiger partial charge in [-0.25, -0.2) is 0 Å². The maximum absolute atomic E-state index is 10.5. The third kappa shape index (κ3) is 1.97. The maximum atomic E-state index is 10.5. The SMILES string of the molecule is COCC1OC(=O)C[Se]1. The number of cyclic esters (lactones) is 1. The minimum atomic E-state index is -0.0722. The molecule has 1 heterocycles. The standard InChI is InChI=1S/C5H8O3Se/c1-7-2-5-8-4(6)3-9-5/h5H,2-3H2,1H3. The summed E-state index contributed by atoms with van der Waals surface area (Å²) in [7, 11) is 1.61. The molecule has 0 amide bonds. The van der Waals surface area contributed by atoms with Crippen molar-refractivity contribution in [3.05, 3.63) is 0 Å². The van der Waals surface area contributed by atoms with Gasteiger partial charge in [-0.1, -0.05) is 0 Å². The normalized spacial score (nSPS) is 26.3. The third-order valence-corrected chi connectivity index (χ3v) is 3.06. The molecule has 1 aliphatic rings. The molecule has 52 valence electrons. The first-order chi connectivity index (χ1) is 4.33. The van der Waals surface area contributed by atoms with Crippen LogP contribution in [0.25, 0.3) is 0 Å². The van der Waals surface area contributed by atoms with Gasteiger partial charge in [-0.05, 0) is 0 Å². The monoisotopic (exact) mass is 196 g/mol. The van der Waals surface area contributed by atoms with Crippen LogP contribution in [0.2, 0.25) is 5.32 Å². The summed E-state index contributed by atoms with van der Waals surface area (Å²) < 4.78 is 9.68. The Hall–Kier alpha value is -0.0505. The van der Waals surface area contributed by atoms with Crippen LogP contribution in [-0.4, -0.2) is 39.6 Å². The molecule has 0 N–H and O–H groups in total. The van der Waals surface area contributed by atoms with Crippen molar-refractivity contribution in [2.24, 2.45) is 0 Å². The number of ether oxygens (including phenoxy) is 2. The summed E-state index contributed by atoms with van der Waals surface area (Å²) >= 11 is 0.313. The number of rotatable bonds is 2. The molecule has 0 radical (unpaired) electrons. The fourth-order valence-electron chi connectivity index (χ4n) is 0.594. The van der Waals surface area contributed by atoms with Crippen LogP contribution in [0.1, 0.15) is 0 Å². The molecular formula is C5H8O3Se. The number of carbonyl (C=O) groups is 1. The van der Waals surface area contributed by atoms with Crippen LogP contribution in [0.5, 0.6) is 0 Å². The molecule has 3 nitrogen and oxygen atoms in total. The summed E-state index contributed by atoms with van der Waals surface area (Å²) in [5, 5.41) is 0.691. The molecule has 0 bridgehead atoms. The van der Waals surface area contributed by atoms with E-state index in [1.54, 1.807) is 7.11 Å². The van der Waals surface area contributed by atoms with Crippen LogP contribution in [-0.2, 0) is 14.3 Å². The number of hydrogen-bond acceptors (Lipinski definition) is 3. The van der Waals surface area contributed by atoms with E-state index in [9.17, 15) is 4.79 Å². The molecule has 1 unspecified atom stereocenters. The molecule has 0 aromatic heterocycles. The van der Waals surface area contributed by atoms with E-state index >= 15 is 0 Å². The van der Waals surface area contributed by atoms with Crippen molar-refractivity contribution < 1.29 is 14.3 Å². The molecule has 0 spiro atoms. The average Bonchev–Trinajstić information content (AvgIpc) is 2.17. The van der Waals surface area contributed by atoms with Crippen molar-refractivity contribution in [2.45, 2.75) is 10.3 Å². The molecule has 0 saturated carbocycles. The summed E-state index contributed by atoms with van der Waals surface area (Å²) in [6.07, 6.45) is 0. The molecular weight excluding hydrogens is 187 g/mol. The van der Waals surface area contributed by atoms with Gasteiger partial charge in [0.15, 0.2) is 0 Å². The number of hydrogen-bond donors (Lipinski definition) is 0. The van der Waals surface area contributed by atoms with E-state index in [0.29, 0.717) is 26.9 Å². The van der Waals surface area contributed by atoms with E-state index in [1.807, 2.05) is 0 Å². The predicted molar refractivity (Wildman–Crippen MR) is 32.3 cm³/mol. The van der Waals surface area contributed by atoms with E-state index in [4.69, 9.17) is 9.47 Å². The Morgan fingerprint density at radius 3 is 3.22 bits per heavy atom. The third-order valence-electron chi connectivity index (χ3n) is 0.953. The number of esters is 1. The van der Waals surface area contributed by atoms with Crippen molar-refractivity contribution in [2.75, 3.05) is 13.7 Å². The van der Waals surface area contributed by atoms with Crippen molar-refractivity contribution in [3.8, 4) is 0 Å². The summed E-state index contributed by atoms with van der Waals surface area (Å²) in [4.78, 5) is 10.5. The van der Waals surface area contributed by atoms with Crippen molar-refractivity contribution in [3.63, 3.8) is 0 Å². The Labute approximate surface area is 59.9 Å². The first-order valence-electron chi connectivity index (χ1n) is 2.63. The van der Waals surface area contributed by atoms with Crippen LogP contribution in [0.4, 0.5) is 0 Å². The fourth-order valence-corrected chi connectivity index (χ4v) is 2.27. The topological polar surface area (TPSA) is 35.5 Å². The van der Waals surface area contributed by atoms with Crippen LogP contribution in [0.15, 0.2) is 0 Å². The molecule has 0 aliphatic carbocycles. The van der Waals surface area contributed by atoms with E-state index in [1.165, 1.54) is 0 Å². The molecule has 4 heteroatoms. The quantitative estimate of drug-likeness (QED) is 0.445. The van der Waals surface area contributed by atoms with Gasteiger partial charge in [-0.3, -0.25) is 0 Å². The molecule has 9 heavy (non-hydrogen) atoms. The predicted octanol–water partition coefficient (Wildman–Crippen LogP) is -0.362. The van der Waals surface area contributed by atoms with Crippen molar-refractivity contribution >= 4 is 20.9 Å². The Bertz CT molecular complexity index is 115. The van der Waals surface area contributed by atoms with Crippen LogP contribution in [0, 0.1) is 0 Å². The Morgan fingerprint density at radius 2 is 2.78 bits per heavy atom. The molecule has 1 rings (SSSR count). The van der Waals surface area contributed by atoms with Gasteiger partial charge in [0.05, 0.1) is 0 Å². The summed E-state index contributed by atoms with van der Waals surface area (Å²) in [6, 6.07) is 0. The van der Waals surface area contributed by atoms with Gasteiger partial charge in [0.1, 0.15) is 0 Å².